The first-order valence-corrected chi connectivity index (χ1v) is 4.51. The van der Waals surface area contributed by atoms with Crippen molar-refractivity contribution in [3.05, 3.63) is 29.3 Å². The second-order valence-corrected chi connectivity index (χ2v) is 3.83. The van der Waals surface area contributed by atoms with Gasteiger partial charge in [-0.1, -0.05) is 18.2 Å². The molecule has 1 aliphatic heterocycles. The lowest BCUT2D eigenvalue weighted by Crippen LogP contribution is -1.99. The fraction of sp³-hybridized carbons (Fsp3) is 0.222. The summed E-state index contributed by atoms with van der Waals surface area (Å²) >= 11 is 1.14. The van der Waals surface area contributed by atoms with Gasteiger partial charge in [0, 0.05) is 10.5 Å². The van der Waals surface area contributed by atoms with Gasteiger partial charge in [-0.3, -0.25) is 4.79 Å². The van der Waals surface area contributed by atoms with Crippen molar-refractivity contribution in [1.82, 2.24) is 0 Å². The molecule has 0 fully saturated rings. The second kappa shape index (κ2) is 2.61. The Morgan fingerprint density at radius 1 is 1.50 bits per heavy atom. The van der Waals surface area contributed by atoms with E-state index in [1.54, 1.807) is 6.07 Å². The minimum Gasteiger partial charge on any atom is -0.380 e. The Balaban J connectivity index is 2.60. The molecular formula is C9H8O2S. The molecule has 1 N–H and O–H groups in total. The molecule has 1 aliphatic rings. The quantitative estimate of drug-likeness (QED) is 0.659. The summed E-state index contributed by atoms with van der Waals surface area (Å²) in [6, 6.07) is 5.60. The van der Waals surface area contributed by atoms with Crippen molar-refractivity contribution >= 4 is 16.9 Å². The molecule has 12 heavy (non-hydrogen) atoms. The molecule has 0 aromatic heterocycles. The van der Waals surface area contributed by atoms with Crippen molar-refractivity contribution in [3.63, 3.8) is 0 Å². The molecule has 0 bridgehead atoms. The molecule has 0 aliphatic carbocycles. The summed E-state index contributed by atoms with van der Waals surface area (Å²) in [6.07, 6.45) is -0.912. The fourth-order valence-corrected chi connectivity index (χ4v) is 2.28. The minimum atomic E-state index is -0.912. The zero-order valence-corrected chi connectivity index (χ0v) is 7.39. The lowest BCUT2D eigenvalue weighted by atomic mass is 10.1. The van der Waals surface area contributed by atoms with E-state index in [1.807, 2.05) is 19.1 Å². The third kappa shape index (κ3) is 0.974. The number of benzene rings is 1. The SMILES string of the molecule is Cc1cccc2c1SC(=O)C2O. The van der Waals surface area contributed by atoms with Crippen LogP contribution in [0.5, 0.6) is 0 Å². The highest BCUT2D eigenvalue weighted by molar-refractivity contribution is 8.14. The summed E-state index contributed by atoms with van der Waals surface area (Å²) in [5, 5.41) is 9.24. The summed E-state index contributed by atoms with van der Waals surface area (Å²) in [6.45, 7) is 1.94. The summed E-state index contributed by atoms with van der Waals surface area (Å²) in [5.74, 6) is 0. The van der Waals surface area contributed by atoms with Crippen LogP contribution in [0.1, 0.15) is 17.2 Å². The average molecular weight is 180 g/mol. The highest BCUT2D eigenvalue weighted by atomic mass is 32.2. The van der Waals surface area contributed by atoms with Crippen molar-refractivity contribution in [2.45, 2.75) is 17.9 Å². The molecule has 1 aromatic carbocycles. The van der Waals surface area contributed by atoms with Crippen molar-refractivity contribution in [3.8, 4) is 0 Å². The van der Waals surface area contributed by atoms with Gasteiger partial charge in [-0.05, 0) is 24.2 Å². The largest absolute Gasteiger partial charge is 0.380 e. The molecular weight excluding hydrogens is 172 g/mol. The van der Waals surface area contributed by atoms with E-state index in [9.17, 15) is 9.90 Å². The molecule has 3 heteroatoms. The minimum absolute atomic E-state index is 0.167. The smallest absolute Gasteiger partial charge is 0.226 e. The van der Waals surface area contributed by atoms with Gasteiger partial charge >= 0.3 is 0 Å². The maximum Gasteiger partial charge on any atom is 0.226 e. The molecule has 1 unspecified atom stereocenters. The summed E-state index contributed by atoms with van der Waals surface area (Å²) in [7, 11) is 0. The van der Waals surface area contributed by atoms with Gasteiger partial charge in [-0.15, -0.1) is 0 Å². The summed E-state index contributed by atoms with van der Waals surface area (Å²) in [4.78, 5) is 12.0. The Morgan fingerprint density at radius 2 is 2.25 bits per heavy atom. The van der Waals surface area contributed by atoms with Gasteiger partial charge in [-0.25, -0.2) is 0 Å². The molecule has 0 amide bonds. The van der Waals surface area contributed by atoms with Gasteiger partial charge in [0.2, 0.25) is 5.12 Å². The molecule has 2 nitrogen and oxygen atoms in total. The zero-order valence-electron chi connectivity index (χ0n) is 6.57. The van der Waals surface area contributed by atoms with Crippen LogP contribution in [0.15, 0.2) is 23.1 Å². The number of hydrogen-bond donors (Lipinski definition) is 1. The van der Waals surface area contributed by atoms with Crippen LogP contribution in [0.2, 0.25) is 0 Å². The highest BCUT2D eigenvalue weighted by Crippen LogP contribution is 2.40. The Morgan fingerprint density at radius 3 is 2.92 bits per heavy atom. The average Bonchev–Trinajstić information content (AvgIpc) is 2.32. The molecule has 1 atom stereocenters. The number of carbonyl (C=O) groups excluding carboxylic acids is 1. The predicted molar refractivity (Wildman–Crippen MR) is 47.0 cm³/mol. The summed E-state index contributed by atoms with van der Waals surface area (Å²) < 4.78 is 0. The number of hydrogen-bond acceptors (Lipinski definition) is 3. The van der Waals surface area contributed by atoms with E-state index in [1.165, 1.54) is 0 Å². The molecule has 0 saturated heterocycles. The summed E-state index contributed by atoms with van der Waals surface area (Å²) in [5.41, 5.74) is 1.81. The Bertz CT molecular complexity index is 346. The number of aliphatic hydroxyl groups excluding tert-OH is 1. The van der Waals surface area contributed by atoms with Crippen molar-refractivity contribution in [2.75, 3.05) is 0 Å². The van der Waals surface area contributed by atoms with E-state index < -0.39 is 6.10 Å². The van der Waals surface area contributed by atoms with Gasteiger partial charge < -0.3 is 5.11 Å². The van der Waals surface area contributed by atoms with E-state index in [-0.39, 0.29) is 5.12 Å². The van der Waals surface area contributed by atoms with E-state index in [2.05, 4.69) is 0 Å². The number of aliphatic hydroxyl groups is 1. The van der Waals surface area contributed by atoms with Crippen LogP contribution in [0.3, 0.4) is 0 Å². The molecule has 2 rings (SSSR count). The van der Waals surface area contributed by atoms with Gasteiger partial charge in [0.1, 0.15) is 6.10 Å². The highest BCUT2D eigenvalue weighted by Gasteiger charge is 2.30. The van der Waals surface area contributed by atoms with E-state index in [0.717, 1.165) is 27.8 Å². The van der Waals surface area contributed by atoms with Crippen LogP contribution < -0.4 is 0 Å². The van der Waals surface area contributed by atoms with Crippen LogP contribution in [0, 0.1) is 6.92 Å². The van der Waals surface area contributed by atoms with Crippen molar-refractivity contribution in [2.24, 2.45) is 0 Å². The van der Waals surface area contributed by atoms with Crippen molar-refractivity contribution < 1.29 is 9.90 Å². The molecule has 1 heterocycles. The van der Waals surface area contributed by atoms with Crippen LogP contribution in [-0.2, 0) is 4.79 Å². The number of fused-ring (bicyclic) bond motifs is 1. The van der Waals surface area contributed by atoms with Crippen LogP contribution in [0.25, 0.3) is 0 Å². The molecule has 0 radical (unpaired) electrons. The molecule has 62 valence electrons. The van der Waals surface area contributed by atoms with Gasteiger partial charge in [0.25, 0.3) is 0 Å². The monoisotopic (exact) mass is 180 g/mol. The topological polar surface area (TPSA) is 37.3 Å². The zero-order chi connectivity index (χ0) is 8.72. The third-order valence-corrected chi connectivity index (χ3v) is 3.15. The van der Waals surface area contributed by atoms with Crippen LogP contribution in [-0.4, -0.2) is 10.2 Å². The van der Waals surface area contributed by atoms with Crippen molar-refractivity contribution in [1.29, 1.82) is 0 Å². The maximum atomic E-state index is 11.1. The van der Waals surface area contributed by atoms with E-state index in [4.69, 9.17) is 0 Å². The molecule has 0 spiro atoms. The first kappa shape index (κ1) is 7.83. The predicted octanol–water partition coefficient (Wildman–Crippen LogP) is 1.66. The van der Waals surface area contributed by atoms with Gasteiger partial charge in [0.05, 0.1) is 0 Å². The number of aryl methyl sites for hydroxylation is 1. The van der Waals surface area contributed by atoms with Gasteiger partial charge in [-0.2, -0.15) is 0 Å². The Hall–Kier alpha value is -0.800. The molecule has 1 aromatic rings. The van der Waals surface area contributed by atoms with Gasteiger partial charge in [0.15, 0.2) is 0 Å². The Labute approximate surface area is 74.6 Å². The molecule has 0 saturated carbocycles. The number of rotatable bonds is 0. The van der Waals surface area contributed by atoms with Crippen LogP contribution in [0.4, 0.5) is 0 Å². The van der Waals surface area contributed by atoms with E-state index in [0.29, 0.717) is 0 Å². The second-order valence-electron chi connectivity index (χ2n) is 2.82. The lowest BCUT2D eigenvalue weighted by molar-refractivity contribution is -0.118. The number of thioether (sulfide) groups is 1. The standard InChI is InChI=1S/C9H8O2S/c1-5-3-2-4-6-7(10)9(11)12-8(5)6/h2-4,7,10H,1H3. The maximum absolute atomic E-state index is 11.1. The number of carbonyl (C=O) groups is 1. The lowest BCUT2D eigenvalue weighted by Gasteiger charge is -2.01. The normalized spacial score (nSPS) is 21.2. The van der Waals surface area contributed by atoms with E-state index >= 15 is 0 Å². The third-order valence-electron chi connectivity index (χ3n) is 1.96. The van der Waals surface area contributed by atoms with Crippen LogP contribution >= 0.6 is 11.8 Å². The fourth-order valence-electron chi connectivity index (χ4n) is 1.31. The first-order valence-electron chi connectivity index (χ1n) is 3.69. The first-order chi connectivity index (χ1) is 5.70. The Kier molecular flexibility index (Phi) is 1.70.